The molecule has 0 spiro atoms. The predicted molar refractivity (Wildman–Crippen MR) is 57.5 cm³/mol. The van der Waals surface area contributed by atoms with Crippen LogP contribution in [0.5, 0.6) is 0 Å². The van der Waals surface area contributed by atoms with Crippen LogP contribution in [-0.2, 0) is 0 Å². The third kappa shape index (κ3) is 2.52. The Bertz CT molecular complexity index is 390. The summed E-state index contributed by atoms with van der Waals surface area (Å²) in [6.07, 6.45) is 1.05. The molecule has 0 saturated heterocycles. The van der Waals surface area contributed by atoms with E-state index in [1.54, 1.807) is 27.7 Å². The van der Waals surface area contributed by atoms with Crippen LogP contribution in [0.2, 0.25) is 0 Å². The number of nitrogens with one attached hydrogen (secondary N) is 1. The third-order valence-corrected chi connectivity index (χ3v) is 2.67. The van der Waals surface area contributed by atoms with Crippen molar-refractivity contribution in [2.45, 2.75) is 38.8 Å². The average molecular weight is 228 g/mol. The van der Waals surface area contributed by atoms with Gasteiger partial charge in [-0.15, -0.1) is 0 Å². The molecule has 0 aliphatic carbocycles. The van der Waals surface area contributed by atoms with E-state index in [9.17, 15) is 9.90 Å². The molecule has 0 unspecified atom stereocenters. The van der Waals surface area contributed by atoms with E-state index in [0.717, 1.165) is 6.26 Å². The monoisotopic (exact) mass is 228 g/mol. The molecule has 3 N–H and O–H groups in total. The van der Waals surface area contributed by atoms with E-state index in [2.05, 4.69) is 10.3 Å². The topological polar surface area (TPSA) is 95.6 Å². The van der Waals surface area contributed by atoms with Crippen LogP contribution in [0.1, 0.15) is 38.2 Å². The van der Waals surface area contributed by atoms with Gasteiger partial charge in [0.2, 0.25) is 0 Å². The first kappa shape index (κ1) is 12.5. The highest BCUT2D eigenvalue weighted by molar-refractivity contribution is 5.85. The van der Waals surface area contributed by atoms with Crippen molar-refractivity contribution in [3.63, 3.8) is 0 Å². The van der Waals surface area contributed by atoms with Gasteiger partial charge in [-0.05, 0) is 27.7 Å². The van der Waals surface area contributed by atoms with E-state index >= 15 is 0 Å². The Morgan fingerprint density at radius 2 is 2.00 bits per heavy atom. The van der Waals surface area contributed by atoms with Crippen LogP contribution >= 0.6 is 0 Å². The number of hydrogen-bond acceptors (Lipinski definition) is 5. The van der Waals surface area contributed by atoms with Crippen LogP contribution in [0.4, 0.5) is 6.01 Å². The number of nitrogens with zero attached hydrogens (tertiary/aromatic N) is 1. The Kier molecular flexibility index (Phi) is 2.96. The van der Waals surface area contributed by atoms with Gasteiger partial charge in [-0.25, -0.2) is 4.79 Å². The summed E-state index contributed by atoms with van der Waals surface area (Å²) in [6, 6.07) is 0.0736. The van der Waals surface area contributed by atoms with Crippen molar-refractivity contribution in [2.75, 3.05) is 5.32 Å². The summed E-state index contributed by atoms with van der Waals surface area (Å²) in [4.78, 5) is 14.3. The smallest absolute Gasteiger partial charge is 0.357 e. The first-order chi connectivity index (χ1) is 7.13. The SMILES string of the molecule is CC(C)(O)C(C)(C)Nc1nc(C(=O)O)co1. The Hall–Kier alpha value is -1.56. The minimum atomic E-state index is -1.15. The van der Waals surface area contributed by atoms with Gasteiger partial charge in [-0.3, -0.25) is 0 Å². The number of aliphatic hydroxyl groups is 1. The quantitative estimate of drug-likeness (QED) is 0.719. The Morgan fingerprint density at radius 1 is 1.44 bits per heavy atom. The van der Waals surface area contributed by atoms with Gasteiger partial charge in [0.05, 0.1) is 11.1 Å². The number of aromatic carboxylic acids is 1. The Morgan fingerprint density at radius 3 is 2.38 bits per heavy atom. The van der Waals surface area contributed by atoms with Crippen molar-refractivity contribution in [3.8, 4) is 0 Å². The standard InChI is InChI=1S/C10H16N2O4/c1-9(2,10(3,4)15)12-8-11-6(5-16-8)7(13)14/h5,15H,1-4H3,(H,11,12)(H,13,14). The summed E-state index contributed by atoms with van der Waals surface area (Å²) in [5, 5.41) is 21.4. The fourth-order valence-electron chi connectivity index (χ4n) is 0.850. The molecule has 0 bridgehead atoms. The highest BCUT2D eigenvalue weighted by Gasteiger charge is 2.36. The number of carboxylic acid groups (broad SMARTS) is 1. The predicted octanol–water partition coefficient (Wildman–Crippen LogP) is 1.33. The average Bonchev–Trinajstić information content (AvgIpc) is 2.49. The lowest BCUT2D eigenvalue weighted by Gasteiger charge is -2.37. The van der Waals surface area contributed by atoms with E-state index in [1.807, 2.05) is 0 Å². The maximum atomic E-state index is 10.6. The fourth-order valence-corrected chi connectivity index (χ4v) is 0.850. The van der Waals surface area contributed by atoms with Crippen molar-refractivity contribution < 1.29 is 19.4 Å². The lowest BCUT2D eigenvalue weighted by Crippen LogP contribution is -2.51. The number of carbonyl (C=O) groups is 1. The summed E-state index contributed by atoms with van der Waals surface area (Å²) in [6.45, 7) is 6.80. The van der Waals surface area contributed by atoms with Crippen molar-refractivity contribution >= 4 is 12.0 Å². The van der Waals surface area contributed by atoms with Crippen molar-refractivity contribution in [3.05, 3.63) is 12.0 Å². The summed E-state index contributed by atoms with van der Waals surface area (Å²) in [7, 11) is 0. The molecule has 6 nitrogen and oxygen atoms in total. The van der Waals surface area contributed by atoms with Gasteiger partial charge in [0.1, 0.15) is 6.26 Å². The first-order valence-corrected chi connectivity index (χ1v) is 4.83. The van der Waals surface area contributed by atoms with Gasteiger partial charge in [-0.2, -0.15) is 4.98 Å². The number of anilines is 1. The molecule has 1 heterocycles. The van der Waals surface area contributed by atoms with Crippen molar-refractivity contribution in [1.29, 1.82) is 0 Å². The second kappa shape index (κ2) is 3.79. The summed E-state index contributed by atoms with van der Waals surface area (Å²) in [5.41, 5.74) is -1.88. The molecule has 0 saturated carbocycles. The number of hydrogen-bond donors (Lipinski definition) is 3. The molecule has 0 atom stereocenters. The van der Waals surface area contributed by atoms with Gasteiger partial charge >= 0.3 is 5.97 Å². The maximum Gasteiger partial charge on any atom is 0.357 e. The Balaban J connectivity index is 2.85. The minimum absolute atomic E-state index is 0.0736. The zero-order chi connectivity index (χ0) is 12.6. The van der Waals surface area contributed by atoms with Crippen LogP contribution in [0.3, 0.4) is 0 Å². The van der Waals surface area contributed by atoms with Gasteiger partial charge in [-0.1, -0.05) is 0 Å². The molecule has 0 fully saturated rings. The highest BCUT2D eigenvalue weighted by Crippen LogP contribution is 2.25. The molecule has 0 radical (unpaired) electrons. The van der Waals surface area contributed by atoms with E-state index < -0.39 is 17.1 Å². The van der Waals surface area contributed by atoms with Gasteiger partial charge in [0, 0.05) is 0 Å². The maximum absolute atomic E-state index is 10.6. The fraction of sp³-hybridized carbons (Fsp3) is 0.600. The minimum Gasteiger partial charge on any atom is -0.476 e. The highest BCUT2D eigenvalue weighted by atomic mass is 16.4. The zero-order valence-electron chi connectivity index (χ0n) is 9.74. The molecule has 1 aromatic heterocycles. The van der Waals surface area contributed by atoms with Gasteiger partial charge < -0.3 is 19.9 Å². The van der Waals surface area contributed by atoms with Gasteiger partial charge in [0.25, 0.3) is 6.01 Å². The largest absolute Gasteiger partial charge is 0.476 e. The number of carboxylic acids is 1. The lowest BCUT2D eigenvalue weighted by molar-refractivity contribution is 0.0230. The molecule has 16 heavy (non-hydrogen) atoms. The molecule has 0 amide bonds. The second-order valence-electron chi connectivity index (χ2n) is 4.65. The zero-order valence-corrected chi connectivity index (χ0v) is 9.74. The van der Waals surface area contributed by atoms with Crippen LogP contribution in [-0.4, -0.2) is 32.3 Å². The molecular weight excluding hydrogens is 212 g/mol. The van der Waals surface area contributed by atoms with Crippen LogP contribution in [0.15, 0.2) is 10.7 Å². The Labute approximate surface area is 93.3 Å². The number of aromatic nitrogens is 1. The van der Waals surface area contributed by atoms with Crippen molar-refractivity contribution in [2.24, 2.45) is 0 Å². The molecule has 1 aromatic rings. The first-order valence-electron chi connectivity index (χ1n) is 4.83. The number of rotatable bonds is 4. The van der Waals surface area contributed by atoms with Crippen LogP contribution in [0.25, 0.3) is 0 Å². The molecule has 0 aliphatic heterocycles. The second-order valence-corrected chi connectivity index (χ2v) is 4.65. The number of oxazole rings is 1. The van der Waals surface area contributed by atoms with E-state index in [4.69, 9.17) is 9.52 Å². The van der Waals surface area contributed by atoms with Gasteiger partial charge in [0.15, 0.2) is 5.69 Å². The molecular formula is C10H16N2O4. The van der Waals surface area contributed by atoms with Crippen LogP contribution in [0, 0.1) is 0 Å². The van der Waals surface area contributed by atoms with E-state index in [0.29, 0.717) is 0 Å². The summed E-state index contributed by atoms with van der Waals surface area (Å²) < 4.78 is 4.94. The van der Waals surface area contributed by atoms with Crippen LogP contribution < -0.4 is 5.32 Å². The third-order valence-electron chi connectivity index (χ3n) is 2.67. The normalized spacial score (nSPS) is 12.6. The molecule has 6 heteroatoms. The molecule has 0 aliphatic rings. The lowest BCUT2D eigenvalue weighted by atomic mass is 9.86. The molecule has 1 rings (SSSR count). The van der Waals surface area contributed by atoms with E-state index in [1.165, 1.54) is 0 Å². The molecule has 90 valence electrons. The summed E-state index contributed by atoms with van der Waals surface area (Å²) in [5.74, 6) is -1.15. The molecule has 0 aromatic carbocycles. The van der Waals surface area contributed by atoms with Crippen molar-refractivity contribution in [1.82, 2.24) is 4.98 Å². The summed E-state index contributed by atoms with van der Waals surface area (Å²) >= 11 is 0. The van der Waals surface area contributed by atoms with E-state index in [-0.39, 0.29) is 11.7 Å².